The van der Waals surface area contributed by atoms with E-state index < -0.39 is 0 Å². The summed E-state index contributed by atoms with van der Waals surface area (Å²) >= 11 is 6.11. The van der Waals surface area contributed by atoms with Crippen molar-refractivity contribution in [2.45, 2.75) is 38.6 Å². The van der Waals surface area contributed by atoms with Crippen LogP contribution in [0.15, 0.2) is 0 Å². The second-order valence-corrected chi connectivity index (χ2v) is 4.56. The highest BCUT2D eigenvalue weighted by molar-refractivity contribution is 6.30. The summed E-state index contributed by atoms with van der Waals surface area (Å²) in [6, 6.07) is 0.584. The van der Waals surface area contributed by atoms with Crippen molar-refractivity contribution in [2.75, 3.05) is 13.6 Å². The minimum absolute atomic E-state index is 0.584. The molecule has 0 spiro atoms. The first-order valence-corrected chi connectivity index (χ1v) is 5.99. The third-order valence-electron chi connectivity index (χ3n) is 3.18. The van der Waals surface area contributed by atoms with Crippen LogP contribution >= 0.6 is 11.6 Å². The molecule has 84 valence electrons. The third kappa shape index (κ3) is 2.04. The van der Waals surface area contributed by atoms with E-state index in [1.54, 1.807) is 0 Å². The summed E-state index contributed by atoms with van der Waals surface area (Å²) in [6.45, 7) is 3.10. The van der Waals surface area contributed by atoms with Gasteiger partial charge in [0.1, 0.15) is 5.82 Å². The van der Waals surface area contributed by atoms with Crippen LogP contribution in [0.4, 0.5) is 0 Å². The van der Waals surface area contributed by atoms with Crippen LogP contribution in [0.1, 0.15) is 36.8 Å². The molecule has 1 aromatic heterocycles. The molecule has 15 heavy (non-hydrogen) atoms. The maximum absolute atomic E-state index is 6.11. The van der Waals surface area contributed by atoms with E-state index in [1.165, 1.54) is 18.5 Å². The number of aryl methyl sites for hydroxylation is 1. The van der Waals surface area contributed by atoms with E-state index in [0.29, 0.717) is 11.2 Å². The molecule has 0 aliphatic carbocycles. The van der Waals surface area contributed by atoms with Crippen molar-refractivity contribution in [1.29, 1.82) is 0 Å². The molecule has 0 bridgehead atoms. The zero-order valence-electron chi connectivity index (χ0n) is 9.39. The van der Waals surface area contributed by atoms with Gasteiger partial charge in [-0.2, -0.15) is 0 Å². The number of hydrogen-bond donors (Lipinski definition) is 1. The van der Waals surface area contributed by atoms with Gasteiger partial charge in [-0.25, -0.2) is 4.98 Å². The second kappa shape index (κ2) is 4.54. The SMILES string of the molecule is CNCCC1CCCc2c(Cl)nc(C)n21. The van der Waals surface area contributed by atoms with Crippen molar-refractivity contribution < 1.29 is 0 Å². The van der Waals surface area contributed by atoms with Crippen molar-refractivity contribution in [2.24, 2.45) is 0 Å². The molecular formula is C11H18ClN3. The Morgan fingerprint density at radius 1 is 1.60 bits per heavy atom. The Bertz CT molecular complexity index is 346. The van der Waals surface area contributed by atoms with Gasteiger partial charge in [-0.3, -0.25) is 0 Å². The van der Waals surface area contributed by atoms with Gasteiger partial charge >= 0.3 is 0 Å². The number of halogens is 1. The third-order valence-corrected chi connectivity index (χ3v) is 3.48. The normalized spacial score (nSPS) is 20.3. The van der Waals surface area contributed by atoms with Gasteiger partial charge in [-0.1, -0.05) is 11.6 Å². The summed E-state index contributed by atoms with van der Waals surface area (Å²) in [6.07, 6.45) is 4.73. The van der Waals surface area contributed by atoms with Gasteiger partial charge in [0.05, 0.1) is 5.69 Å². The number of nitrogens with zero attached hydrogens (tertiary/aromatic N) is 2. The van der Waals surface area contributed by atoms with Crippen molar-refractivity contribution in [3.05, 3.63) is 16.7 Å². The number of imidazole rings is 1. The van der Waals surface area contributed by atoms with Crippen LogP contribution in [0.25, 0.3) is 0 Å². The van der Waals surface area contributed by atoms with Crippen LogP contribution in [0.2, 0.25) is 5.15 Å². The van der Waals surface area contributed by atoms with Crippen LogP contribution in [0, 0.1) is 6.92 Å². The lowest BCUT2D eigenvalue weighted by molar-refractivity contribution is 0.369. The summed E-state index contributed by atoms with van der Waals surface area (Å²) < 4.78 is 2.34. The smallest absolute Gasteiger partial charge is 0.150 e. The van der Waals surface area contributed by atoms with Gasteiger partial charge in [0.25, 0.3) is 0 Å². The lowest BCUT2D eigenvalue weighted by Crippen LogP contribution is -2.22. The molecule has 3 nitrogen and oxygen atoms in total. The molecule has 1 atom stereocenters. The molecule has 1 N–H and O–H groups in total. The summed E-state index contributed by atoms with van der Waals surface area (Å²) in [7, 11) is 2.00. The van der Waals surface area contributed by atoms with Crippen LogP contribution in [-0.4, -0.2) is 23.1 Å². The molecule has 1 aliphatic rings. The summed E-state index contributed by atoms with van der Waals surface area (Å²) in [5.41, 5.74) is 1.24. The Balaban J connectivity index is 2.25. The zero-order chi connectivity index (χ0) is 10.8. The Kier molecular flexibility index (Phi) is 3.32. The van der Waals surface area contributed by atoms with Crippen molar-refractivity contribution >= 4 is 11.6 Å². The fourth-order valence-electron chi connectivity index (χ4n) is 2.48. The summed E-state index contributed by atoms with van der Waals surface area (Å²) in [5.74, 6) is 1.07. The lowest BCUT2D eigenvalue weighted by Gasteiger charge is -2.26. The molecule has 0 fully saturated rings. The maximum Gasteiger partial charge on any atom is 0.150 e. The quantitative estimate of drug-likeness (QED) is 0.859. The highest BCUT2D eigenvalue weighted by Gasteiger charge is 2.23. The van der Waals surface area contributed by atoms with Gasteiger partial charge in [0, 0.05) is 6.04 Å². The Labute approximate surface area is 95.8 Å². The molecule has 2 heterocycles. The van der Waals surface area contributed by atoms with Gasteiger partial charge in [-0.05, 0) is 46.2 Å². The lowest BCUT2D eigenvalue weighted by atomic mass is 10.00. The van der Waals surface area contributed by atoms with Gasteiger partial charge in [0.15, 0.2) is 5.15 Å². The number of rotatable bonds is 3. The highest BCUT2D eigenvalue weighted by atomic mass is 35.5. The first-order valence-electron chi connectivity index (χ1n) is 5.62. The topological polar surface area (TPSA) is 29.9 Å². The number of nitrogens with one attached hydrogen (secondary N) is 1. The predicted octanol–water partition coefficient (Wildman–Crippen LogP) is 2.33. The summed E-state index contributed by atoms with van der Waals surface area (Å²) in [4.78, 5) is 4.36. The first-order chi connectivity index (χ1) is 7.24. The van der Waals surface area contributed by atoms with Crippen molar-refractivity contribution in [3.63, 3.8) is 0 Å². The van der Waals surface area contributed by atoms with E-state index in [4.69, 9.17) is 11.6 Å². The number of fused-ring (bicyclic) bond motifs is 1. The van der Waals surface area contributed by atoms with Crippen molar-refractivity contribution in [1.82, 2.24) is 14.9 Å². The molecule has 2 rings (SSSR count). The molecule has 0 radical (unpaired) electrons. The molecule has 0 amide bonds. The van der Waals surface area contributed by atoms with E-state index >= 15 is 0 Å². The second-order valence-electron chi connectivity index (χ2n) is 4.20. The van der Waals surface area contributed by atoms with E-state index in [9.17, 15) is 0 Å². The minimum Gasteiger partial charge on any atom is -0.328 e. The molecule has 0 saturated heterocycles. The molecular weight excluding hydrogens is 210 g/mol. The zero-order valence-corrected chi connectivity index (χ0v) is 10.1. The molecule has 1 unspecified atom stereocenters. The minimum atomic E-state index is 0.584. The average molecular weight is 228 g/mol. The maximum atomic E-state index is 6.11. The molecule has 0 aromatic carbocycles. The van der Waals surface area contributed by atoms with Crippen LogP contribution in [0.3, 0.4) is 0 Å². The summed E-state index contributed by atoms with van der Waals surface area (Å²) in [5, 5.41) is 3.92. The van der Waals surface area contributed by atoms with Crippen LogP contribution < -0.4 is 5.32 Å². The average Bonchev–Trinajstić information content (AvgIpc) is 2.53. The number of aromatic nitrogens is 2. The van der Waals surface area contributed by atoms with Gasteiger partial charge < -0.3 is 9.88 Å². The molecule has 0 saturated carbocycles. The Morgan fingerprint density at radius 3 is 3.13 bits per heavy atom. The van der Waals surface area contributed by atoms with Crippen molar-refractivity contribution in [3.8, 4) is 0 Å². The van der Waals surface area contributed by atoms with E-state index in [2.05, 4.69) is 14.9 Å². The Morgan fingerprint density at radius 2 is 2.40 bits per heavy atom. The van der Waals surface area contributed by atoms with E-state index in [0.717, 1.165) is 25.2 Å². The van der Waals surface area contributed by atoms with E-state index in [-0.39, 0.29) is 0 Å². The largest absolute Gasteiger partial charge is 0.328 e. The fourth-order valence-corrected chi connectivity index (χ4v) is 2.79. The van der Waals surface area contributed by atoms with E-state index in [1.807, 2.05) is 14.0 Å². The van der Waals surface area contributed by atoms with Crippen LogP contribution in [-0.2, 0) is 6.42 Å². The molecule has 1 aliphatic heterocycles. The number of hydrogen-bond acceptors (Lipinski definition) is 2. The fraction of sp³-hybridized carbons (Fsp3) is 0.727. The standard InChI is InChI=1S/C11H18ClN3/c1-8-14-11(12)10-5-3-4-9(15(8)10)6-7-13-2/h9,13H,3-7H2,1-2H3. The monoisotopic (exact) mass is 227 g/mol. The van der Waals surface area contributed by atoms with Gasteiger partial charge in [0.2, 0.25) is 0 Å². The molecule has 1 aromatic rings. The predicted molar refractivity (Wildman–Crippen MR) is 62.5 cm³/mol. The van der Waals surface area contributed by atoms with Crippen LogP contribution in [0.5, 0.6) is 0 Å². The van der Waals surface area contributed by atoms with Gasteiger partial charge in [-0.15, -0.1) is 0 Å². The first kappa shape index (κ1) is 11.0. The molecule has 4 heteroatoms. The Hall–Kier alpha value is -0.540. The highest BCUT2D eigenvalue weighted by Crippen LogP contribution is 2.32.